The molecular weight excluding hydrogens is 271 g/mol. The highest BCUT2D eigenvalue weighted by atomic mass is 35.5. The Labute approximate surface area is 105 Å². The fourth-order valence-corrected chi connectivity index (χ4v) is 1.64. The lowest BCUT2D eigenvalue weighted by Crippen LogP contribution is -2.06. The van der Waals surface area contributed by atoms with Gasteiger partial charge in [-0.1, -0.05) is 5.16 Å². The van der Waals surface area contributed by atoms with Gasteiger partial charge >= 0.3 is 6.18 Å². The molecule has 2 rings (SSSR count). The zero-order chi connectivity index (χ0) is 13.3. The first-order valence-electron chi connectivity index (χ1n) is 4.84. The van der Waals surface area contributed by atoms with E-state index in [1.54, 1.807) is 6.92 Å². The summed E-state index contributed by atoms with van der Waals surface area (Å²) < 4.78 is 41.9. The molecule has 8 heteroatoms. The van der Waals surface area contributed by atoms with Gasteiger partial charge in [-0.3, -0.25) is 0 Å². The van der Waals surface area contributed by atoms with Crippen LogP contribution in [0.1, 0.15) is 16.9 Å². The molecule has 2 aromatic rings. The number of aromatic nitrogens is 3. The molecule has 0 bridgehead atoms. The third kappa shape index (κ3) is 2.31. The highest BCUT2D eigenvalue weighted by Gasteiger charge is 2.31. The lowest BCUT2D eigenvalue weighted by molar-refractivity contribution is -0.138. The standard InChI is InChI=1S/C10H7ClF3N3O/c1-5-7(2-11)8(17-18-5)9-15-3-6(4-16-9)10(12,13)14/h3-4H,2H2,1H3. The number of aryl methyl sites for hydroxylation is 1. The van der Waals surface area contributed by atoms with Crippen LogP contribution in [0, 0.1) is 6.92 Å². The van der Waals surface area contributed by atoms with Gasteiger partial charge in [0.2, 0.25) is 0 Å². The molecule has 0 spiro atoms. The molecule has 0 saturated heterocycles. The van der Waals surface area contributed by atoms with Crippen molar-refractivity contribution >= 4 is 11.6 Å². The molecule has 0 unspecified atom stereocenters. The minimum atomic E-state index is -4.46. The van der Waals surface area contributed by atoms with Crippen molar-refractivity contribution in [1.82, 2.24) is 15.1 Å². The largest absolute Gasteiger partial charge is 0.419 e. The van der Waals surface area contributed by atoms with E-state index in [-0.39, 0.29) is 17.4 Å². The van der Waals surface area contributed by atoms with E-state index in [0.29, 0.717) is 23.7 Å². The Bertz CT molecular complexity index is 550. The Balaban J connectivity index is 2.40. The molecule has 2 heterocycles. The summed E-state index contributed by atoms with van der Waals surface area (Å²) >= 11 is 5.70. The Kier molecular flexibility index (Phi) is 3.25. The van der Waals surface area contributed by atoms with Gasteiger partial charge in [-0.05, 0) is 6.92 Å². The highest BCUT2D eigenvalue weighted by Crippen LogP contribution is 2.29. The van der Waals surface area contributed by atoms with Gasteiger partial charge in [-0.2, -0.15) is 13.2 Å². The topological polar surface area (TPSA) is 51.8 Å². The van der Waals surface area contributed by atoms with Crippen LogP contribution in [0.25, 0.3) is 11.5 Å². The minimum Gasteiger partial charge on any atom is -0.361 e. The van der Waals surface area contributed by atoms with Crippen molar-refractivity contribution in [3.8, 4) is 11.5 Å². The van der Waals surface area contributed by atoms with Gasteiger partial charge < -0.3 is 4.52 Å². The summed E-state index contributed by atoms with van der Waals surface area (Å²) in [5.74, 6) is 0.661. The van der Waals surface area contributed by atoms with Crippen LogP contribution in [0.4, 0.5) is 13.2 Å². The average Bonchev–Trinajstić information content (AvgIpc) is 2.69. The van der Waals surface area contributed by atoms with E-state index in [1.807, 2.05) is 0 Å². The molecule has 0 fully saturated rings. The maximum Gasteiger partial charge on any atom is 0.419 e. The van der Waals surface area contributed by atoms with Gasteiger partial charge in [-0.15, -0.1) is 11.6 Å². The normalized spacial score (nSPS) is 11.8. The molecule has 0 aliphatic heterocycles. The second-order valence-corrected chi connectivity index (χ2v) is 3.76. The molecule has 0 radical (unpaired) electrons. The molecular formula is C10H7ClF3N3O. The number of rotatable bonds is 2. The molecule has 0 N–H and O–H groups in total. The van der Waals surface area contributed by atoms with Gasteiger partial charge in [0.05, 0.1) is 11.4 Å². The number of alkyl halides is 4. The molecule has 0 amide bonds. The van der Waals surface area contributed by atoms with Gasteiger partial charge in [-0.25, -0.2) is 9.97 Å². The van der Waals surface area contributed by atoms with Crippen molar-refractivity contribution in [2.24, 2.45) is 0 Å². The summed E-state index contributed by atoms with van der Waals surface area (Å²) in [6.07, 6.45) is -3.07. The molecule has 0 aliphatic carbocycles. The van der Waals surface area contributed by atoms with E-state index < -0.39 is 11.7 Å². The molecule has 0 aromatic carbocycles. The smallest absolute Gasteiger partial charge is 0.361 e. The van der Waals surface area contributed by atoms with Crippen LogP contribution in [-0.4, -0.2) is 15.1 Å². The highest BCUT2D eigenvalue weighted by molar-refractivity contribution is 6.17. The fraction of sp³-hybridized carbons (Fsp3) is 0.300. The molecule has 0 atom stereocenters. The molecule has 2 aromatic heterocycles. The predicted octanol–water partition coefficient (Wildman–Crippen LogP) is 3.20. The summed E-state index contributed by atoms with van der Waals surface area (Å²) in [6.45, 7) is 1.65. The molecule has 0 saturated carbocycles. The lowest BCUT2D eigenvalue weighted by Gasteiger charge is -2.05. The summed E-state index contributed by atoms with van der Waals surface area (Å²) in [5.41, 5.74) is -0.0912. The number of nitrogens with zero attached hydrogens (tertiary/aromatic N) is 3. The Morgan fingerprint density at radius 1 is 1.28 bits per heavy atom. The van der Waals surface area contributed by atoms with Crippen molar-refractivity contribution in [2.45, 2.75) is 19.0 Å². The van der Waals surface area contributed by atoms with Crippen LogP contribution in [0.15, 0.2) is 16.9 Å². The van der Waals surface area contributed by atoms with E-state index in [9.17, 15) is 13.2 Å². The first-order valence-corrected chi connectivity index (χ1v) is 5.37. The zero-order valence-electron chi connectivity index (χ0n) is 9.12. The SMILES string of the molecule is Cc1onc(-c2ncc(C(F)(F)F)cn2)c1CCl. The van der Waals surface area contributed by atoms with E-state index in [0.717, 1.165) is 0 Å². The quantitative estimate of drug-likeness (QED) is 0.791. The van der Waals surface area contributed by atoms with Crippen molar-refractivity contribution in [2.75, 3.05) is 0 Å². The maximum atomic E-state index is 12.3. The number of hydrogen-bond donors (Lipinski definition) is 0. The summed E-state index contributed by atoms with van der Waals surface area (Å²) in [7, 11) is 0. The molecule has 4 nitrogen and oxygen atoms in total. The summed E-state index contributed by atoms with van der Waals surface area (Å²) in [4.78, 5) is 7.25. The Hall–Kier alpha value is -1.63. The molecule has 0 aliphatic rings. The second-order valence-electron chi connectivity index (χ2n) is 3.49. The Morgan fingerprint density at radius 2 is 1.89 bits per heavy atom. The minimum absolute atomic E-state index is 0.0514. The van der Waals surface area contributed by atoms with Gasteiger partial charge in [0.15, 0.2) is 11.5 Å². The van der Waals surface area contributed by atoms with Gasteiger partial charge in [0.25, 0.3) is 0 Å². The van der Waals surface area contributed by atoms with E-state index in [1.165, 1.54) is 0 Å². The molecule has 96 valence electrons. The van der Waals surface area contributed by atoms with Crippen LogP contribution in [0.2, 0.25) is 0 Å². The fourth-order valence-electron chi connectivity index (χ4n) is 1.32. The number of hydrogen-bond acceptors (Lipinski definition) is 4. The third-order valence-electron chi connectivity index (χ3n) is 2.31. The van der Waals surface area contributed by atoms with Crippen LogP contribution >= 0.6 is 11.6 Å². The average molecular weight is 278 g/mol. The van der Waals surface area contributed by atoms with Gasteiger partial charge in [0, 0.05) is 18.0 Å². The van der Waals surface area contributed by atoms with Gasteiger partial charge in [0.1, 0.15) is 5.76 Å². The molecule has 18 heavy (non-hydrogen) atoms. The zero-order valence-corrected chi connectivity index (χ0v) is 9.88. The van der Waals surface area contributed by atoms with Crippen LogP contribution < -0.4 is 0 Å². The summed E-state index contributed by atoms with van der Waals surface area (Å²) in [5, 5.41) is 3.68. The van der Waals surface area contributed by atoms with E-state index in [4.69, 9.17) is 16.1 Å². The van der Waals surface area contributed by atoms with E-state index in [2.05, 4.69) is 15.1 Å². The second kappa shape index (κ2) is 4.56. The van der Waals surface area contributed by atoms with Crippen molar-refractivity contribution in [3.05, 3.63) is 29.3 Å². The summed E-state index contributed by atoms with van der Waals surface area (Å²) in [6, 6.07) is 0. The predicted molar refractivity (Wildman–Crippen MR) is 56.8 cm³/mol. The monoisotopic (exact) mass is 277 g/mol. The third-order valence-corrected chi connectivity index (χ3v) is 2.58. The van der Waals surface area contributed by atoms with Crippen LogP contribution in [0.3, 0.4) is 0 Å². The van der Waals surface area contributed by atoms with Crippen LogP contribution in [-0.2, 0) is 12.1 Å². The van der Waals surface area contributed by atoms with E-state index >= 15 is 0 Å². The number of halogens is 4. The van der Waals surface area contributed by atoms with Crippen molar-refractivity contribution < 1.29 is 17.7 Å². The van der Waals surface area contributed by atoms with Crippen molar-refractivity contribution in [1.29, 1.82) is 0 Å². The first kappa shape index (κ1) is 12.8. The maximum absolute atomic E-state index is 12.3. The van der Waals surface area contributed by atoms with Crippen molar-refractivity contribution in [3.63, 3.8) is 0 Å². The lowest BCUT2D eigenvalue weighted by atomic mass is 10.2. The Morgan fingerprint density at radius 3 is 2.39 bits per heavy atom. The first-order chi connectivity index (χ1) is 8.43. The van der Waals surface area contributed by atoms with Crippen LogP contribution in [0.5, 0.6) is 0 Å².